The van der Waals surface area contributed by atoms with Gasteiger partial charge in [-0.15, -0.1) is 11.3 Å². The number of hydrogen-bond acceptors (Lipinski definition) is 8. The molecule has 1 aliphatic carbocycles. The number of esters is 1. The molecule has 1 amide bonds. The molecule has 2 aromatic heterocycles. The van der Waals surface area contributed by atoms with E-state index >= 15 is 0 Å². The molecular weight excluding hydrogens is 504 g/mol. The molecule has 0 fully saturated rings. The summed E-state index contributed by atoms with van der Waals surface area (Å²) < 4.78 is 5.43. The number of carbonyl (C=O) groups is 2. The number of ether oxygens (including phenoxy) is 1. The van der Waals surface area contributed by atoms with E-state index in [2.05, 4.69) is 5.32 Å². The predicted molar refractivity (Wildman–Crippen MR) is 144 cm³/mol. The minimum absolute atomic E-state index is 0.00571. The topological polar surface area (TPSA) is 135 Å². The third-order valence-electron chi connectivity index (χ3n) is 6.17. The molecule has 1 aliphatic rings. The first-order chi connectivity index (χ1) is 18.4. The number of nitriles is 1. The van der Waals surface area contributed by atoms with E-state index in [4.69, 9.17) is 15.0 Å². The number of pyridine rings is 1. The number of thiophene rings is 1. The first-order valence-corrected chi connectivity index (χ1v) is 12.6. The van der Waals surface area contributed by atoms with Gasteiger partial charge in [-0.1, -0.05) is 30.3 Å². The van der Waals surface area contributed by atoms with Gasteiger partial charge in [0.25, 0.3) is 11.6 Å². The summed E-state index contributed by atoms with van der Waals surface area (Å²) in [5, 5.41) is 25.7. The van der Waals surface area contributed by atoms with Crippen molar-refractivity contribution < 1.29 is 19.2 Å². The van der Waals surface area contributed by atoms with E-state index in [-0.39, 0.29) is 5.69 Å². The van der Waals surface area contributed by atoms with Crippen molar-refractivity contribution in [1.29, 1.82) is 5.26 Å². The Morgan fingerprint density at radius 1 is 1.18 bits per heavy atom. The van der Waals surface area contributed by atoms with Crippen LogP contribution in [0.25, 0.3) is 22.6 Å². The van der Waals surface area contributed by atoms with Gasteiger partial charge < -0.3 is 10.1 Å². The number of non-ortho nitro benzene ring substituents is 1. The van der Waals surface area contributed by atoms with Gasteiger partial charge in [-0.2, -0.15) is 5.26 Å². The zero-order valence-corrected chi connectivity index (χ0v) is 20.8. The average molecular weight is 525 g/mol. The van der Waals surface area contributed by atoms with Gasteiger partial charge in [-0.3, -0.25) is 14.9 Å². The van der Waals surface area contributed by atoms with E-state index in [1.54, 1.807) is 35.7 Å². The Hall–Kier alpha value is -4.88. The van der Waals surface area contributed by atoms with Crippen molar-refractivity contribution in [3.63, 3.8) is 0 Å². The maximum Gasteiger partial charge on any atom is 0.339 e. The van der Waals surface area contributed by atoms with Crippen LogP contribution in [-0.4, -0.2) is 28.4 Å². The van der Waals surface area contributed by atoms with Gasteiger partial charge in [0.15, 0.2) is 6.61 Å². The van der Waals surface area contributed by atoms with Crippen LogP contribution in [0.15, 0.2) is 60.0 Å². The molecule has 2 heterocycles. The van der Waals surface area contributed by atoms with Crippen LogP contribution in [0, 0.1) is 21.4 Å². The zero-order valence-electron chi connectivity index (χ0n) is 20.0. The van der Waals surface area contributed by atoms with E-state index in [1.165, 1.54) is 23.5 Å². The number of benzene rings is 2. The summed E-state index contributed by atoms with van der Waals surface area (Å²) in [7, 11) is 0. The number of nitro benzene ring substituents is 1. The van der Waals surface area contributed by atoms with E-state index in [0.717, 1.165) is 17.6 Å². The van der Waals surface area contributed by atoms with Crippen molar-refractivity contribution in [1.82, 2.24) is 4.98 Å². The second-order valence-electron chi connectivity index (χ2n) is 8.61. The van der Waals surface area contributed by atoms with Crippen molar-refractivity contribution in [2.45, 2.75) is 19.3 Å². The SMILES string of the molecule is N#Cc1ccsc1NC(=O)COC(=O)c1c2c(nc3ccccc13)C(=Cc1cccc([N+](=O)[O-])c1)CCC2. The molecule has 0 radical (unpaired) electrons. The van der Waals surface area contributed by atoms with Crippen LogP contribution in [-0.2, 0) is 16.0 Å². The number of anilines is 1. The lowest BCUT2D eigenvalue weighted by Gasteiger charge is -2.22. The molecule has 0 spiro atoms. The van der Waals surface area contributed by atoms with E-state index in [0.29, 0.717) is 51.1 Å². The Balaban J connectivity index is 1.48. The highest BCUT2D eigenvalue weighted by Crippen LogP contribution is 2.36. The highest BCUT2D eigenvalue weighted by molar-refractivity contribution is 7.14. The van der Waals surface area contributed by atoms with Crippen LogP contribution in [0.5, 0.6) is 0 Å². The molecule has 9 nitrogen and oxygen atoms in total. The molecule has 2 aromatic carbocycles. The number of allylic oxidation sites excluding steroid dienone is 1. The Morgan fingerprint density at radius 3 is 2.84 bits per heavy atom. The molecule has 38 heavy (non-hydrogen) atoms. The van der Waals surface area contributed by atoms with Gasteiger partial charge in [0.1, 0.15) is 11.1 Å². The molecule has 0 saturated carbocycles. The Kier molecular flexibility index (Phi) is 6.93. The molecule has 0 aliphatic heterocycles. The maximum absolute atomic E-state index is 13.4. The van der Waals surface area contributed by atoms with Crippen molar-refractivity contribution in [3.05, 3.63) is 98.0 Å². The fourth-order valence-corrected chi connectivity index (χ4v) is 5.25. The van der Waals surface area contributed by atoms with E-state index in [1.807, 2.05) is 24.3 Å². The monoisotopic (exact) mass is 524 g/mol. The Morgan fingerprint density at radius 2 is 2.03 bits per heavy atom. The number of para-hydroxylation sites is 1. The Labute approximate surface area is 221 Å². The van der Waals surface area contributed by atoms with Crippen LogP contribution < -0.4 is 5.32 Å². The summed E-state index contributed by atoms with van der Waals surface area (Å²) in [6.07, 6.45) is 3.91. The summed E-state index contributed by atoms with van der Waals surface area (Å²) in [6.45, 7) is -0.511. The third-order valence-corrected chi connectivity index (χ3v) is 7.00. The summed E-state index contributed by atoms with van der Waals surface area (Å²) in [5.41, 5.74) is 4.20. The highest BCUT2D eigenvalue weighted by Gasteiger charge is 2.26. The average Bonchev–Trinajstić information content (AvgIpc) is 3.37. The largest absolute Gasteiger partial charge is 0.452 e. The highest BCUT2D eigenvalue weighted by atomic mass is 32.1. The lowest BCUT2D eigenvalue weighted by atomic mass is 9.86. The third kappa shape index (κ3) is 5.00. The maximum atomic E-state index is 13.4. The number of hydrogen-bond donors (Lipinski definition) is 1. The number of nitrogens with one attached hydrogen (secondary N) is 1. The first kappa shape index (κ1) is 24.8. The van der Waals surface area contributed by atoms with Crippen molar-refractivity contribution >= 4 is 56.5 Å². The number of nitrogens with zero attached hydrogens (tertiary/aromatic N) is 3. The summed E-state index contributed by atoms with van der Waals surface area (Å²) in [6, 6.07) is 17.2. The number of amides is 1. The predicted octanol–water partition coefficient (Wildman–Crippen LogP) is 5.75. The van der Waals surface area contributed by atoms with Gasteiger partial charge in [-0.05, 0) is 59.6 Å². The number of nitro groups is 1. The normalized spacial score (nSPS) is 13.5. The number of fused-ring (bicyclic) bond motifs is 2. The molecule has 1 N–H and O–H groups in total. The lowest BCUT2D eigenvalue weighted by Crippen LogP contribution is -2.22. The second-order valence-corrected chi connectivity index (χ2v) is 9.52. The van der Waals surface area contributed by atoms with Gasteiger partial charge in [-0.25, -0.2) is 9.78 Å². The van der Waals surface area contributed by atoms with Gasteiger partial charge in [0, 0.05) is 17.5 Å². The van der Waals surface area contributed by atoms with Gasteiger partial charge >= 0.3 is 5.97 Å². The van der Waals surface area contributed by atoms with Gasteiger partial charge in [0.05, 0.1) is 27.3 Å². The summed E-state index contributed by atoms with van der Waals surface area (Å²) in [5.74, 6) is -1.19. The molecule has 5 rings (SSSR count). The van der Waals surface area contributed by atoms with Crippen molar-refractivity contribution in [2.24, 2.45) is 0 Å². The molecular formula is C28H20N4O5S. The summed E-state index contributed by atoms with van der Waals surface area (Å²) >= 11 is 1.21. The number of carbonyl (C=O) groups excluding carboxylic acids is 2. The summed E-state index contributed by atoms with van der Waals surface area (Å²) in [4.78, 5) is 41.4. The lowest BCUT2D eigenvalue weighted by molar-refractivity contribution is -0.384. The molecule has 4 aromatic rings. The number of aromatic nitrogens is 1. The fraction of sp³-hybridized carbons (Fsp3) is 0.143. The van der Waals surface area contributed by atoms with Crippen molar-refractivity contribution in [2.75, 3.05) is 11.9 Å². The van der Waals surface area contributed by atoms with E-state index < -0.39 is 23.4 Å². The molecule has 0 saturated heterocycles. The minimum atomic E-state index is -0.640. The van der Waals surface area contributed by atoms with E-state index in [9.17, 15) is 19.7 Å². The first-order valence-electron chi connectivity index (χ1n) is 11.8. The quantitative estimate of drug-likeness (QED) is 0.193. The van der Waals surface area contributed by atoms with Crippen LogP contribution in [0.2, 0.25) is 0 Å². The molecule has 0 atom stereocenters. The fourth-order valence-electron chi connectivity index (χ4n) is 4.50. The van der Waals surface area contributed by atoms with Gasteiger partial charge in [0.2, 0.25) is 0 Å². The Bertz CT molecular complexity index is 1670. The number of rotatable bonds is 6. The minimum Gasteiger partial charge on any atom is -0.452 e. The molecule has 0 bridgehead atoms. The van der Waals surface area contributed by atoms with Crippen LogP contribution >= 0.6 is 11.3 Å². The van der Waals surface area contributed by atoms with Crippen molar-refractivity contribution in [3.8, 4) is 6.07 Å². The molecule has 188 valence electrons. The van der Waals surface area contributed by atoms with Crippen LogP contribution in [0.3, 0.4) is 0 Å². The molecule has 0 unspecified atom stereocenters. The van der Waals surface area contributed by atoms with Crippen LogP contribution in [0.4, 0.5) is 10.7 Å². The standard InChI is InChI=1S/C28H20N4O5S/c29-15-19-11-12-38-27(19)31-24(33)16-37-28(34)25-21-8-1-2-10-23(21)30-26-18(6-4-9-22(25)26)13-17-5-3-7-20(14-17)32(35)36/h1-3,5,7-8,10-14H,4,6,9,16H2,(H,31,33). The van der Waals surface area contributed by atoms with Crippen LogP contribution in [0.1, 0.15) is 45.6 Å². The smallest absolute Gasteiger partial charge is 0.339 e. The second kappa shape index (κ2) is 10.6. The molecule has 10 heteroatoms. The zero-order chi connectivity index (χ0) is 26.6.